The highest BCUT2D eigenvalue weighted by Crippen LogP contribution is 2.27. The average molecular weight is 282 g/mol. The Kier molecular flexibility index (Phi) is 3.97. The molecule has 0 saturated heterocycles. The minimum Gasteiger partial charge on any atom is -0.336 e. The summed E-state index contributed by atoms with van der Waals surface area (Å²) in [5.74, 6) is 0. The number of fused-ring (bicyclic) bond motifs is 1. The monoisotopic (exact) mass is 281 g/mol. The van der Waals surface area contributed by atoms with Gasteiger partial charge in [-0.15, -0.1) is 23.7 Å². The molecule has 5 nitrogen and oxygen atoms in total. The van der Waals surface area contributed by atoms with Crippen molar-refractivity contribution in [1.29, 1.82) is 0 Å². The summed E-state index contributed by atoms with van der Waals surface area (Å²) in [6.07, 6.45) is 0. The van der Waals surface area contributed by atoms with E-state index in [1.165, 1.54) is 11.3 Å². The van der Waals surface area contributed by atoms with Gasteiger partial charge in [-0.05, 0) is 19.2 Å². The molecule has 0 amide bonds. The Hall–Kier alpha value is -0.600. The maximum absolute atomic E-state index is 11.0. The Bertz CT molecular complexity index is 556. The fourth-order valence-electron chi connectivity index (χ4n) is 1.37. The first-order valence-corrected chi connectivity index (χ1v) is 6.66. The van der Waals surface area contributed by atoms with E-state index < -0.39 is 10.0 Å². The van der Waals surface area contributed by atoms with Crippen LogP contribution in [0.3, 0.4) is 0 Å². The Balaban J connectivity index is 0.00000128. The molecule has 4 N–H and O–H groups in total. The Morgan fingerprint density at radius 1 is 1.50 bits per heavy atom. The molecule has 2 rings (SSSR count). The molecule has 2 aromatic rings. The van der Waals surface area contributed by atoms with Gasteiger partial charge in [-0.2, -0.15) is 0 Å². The van der Waals surface area contributed by atoms with E-state index in [2.05, 4.69) is 10.3 Å². The number of hydrogen-bond donors (Lipinski definition) is 3. The van der Waals surface area contributed by atoms with Crippen LogP contribution in [0.25, 0.3) is 10.2 Å². The number of primary sulfonamides is 1. The summed E-state index contributed by atoms with van der Waals surface area (Å²) in [5, 5.41) is 9.00. The topological polar surface area (TPSA) is 88.0 Å². The quantitative estimate of drug-likeness (QED) is 0.785. The number of nitrogens with two attached hydrogens (primary N) is 1. The van der Waals surface area contributed by atoms with Crippen LogP contribution in [0, 0.1) is 0 Å². The van der Waals surface area contributed by atoms with Gasteiger partial charge in [0.1, 0.15) is 9.86 Å². The van der Waals surface area contributed by atoms with Crippen molar-refractivity contribution < 1.29 is 8.42 Å². The first-order valence-electron chi connectivity index (χ1n) is 4.29. The van der Waals surface area contributed by atoms with Gasteiger partial charge in [0.25, 0.3) is 10.0 Å². The molecule has 0 saturated carbocycles. The van der Waals surface area contributed by atoms with Gasteiger partial charge in [0.15, 0.2) is 0 Å². The van der Waals surface area contributed by atoms with E-state index in [-0.39, 0.29) is 17.4 Å². The zero-order chi connectivity index (χ0) is 11.1. The number of H-pyrrole nitrogens is 1. The number of aromatic amines is 1. The molecule has 16 heavy (non-hydrogen) atoms. The van der Waals surface area contributed by atoms with Crippen LogP contribution in [0.5, 0.6) is 0 Å². The minimum atomic E-state index is -3.62. The SMILES string of the molecule is CNCc1cc2cc(S(N)(=O)=O)[nH]c2s1.Cl. The number of thiophene rings is 1. The summed E-state index contributed by atoms with van der Waals surface area (Å²) >= 11 is 1.52. The first-order chi connectivity index (χ1) is 7.00. The lowest BCUT2D eigenvalue weighted by molar-refractivity contribution is 0.595. The normalized spacial score (nSPS) is 11.6. The molecule has 2 aromatic heterocycles. The van der Waals surface area contributed by atoms with Gasteiger partial charge in [-0.1, -0.05) is 0 Å². The van der Waals surface area contributed by atoms with Gasteiger partial charge in [-0.25, -0.2) is 13.6 Å². The van der Waals surface area contributed by atoms with Crippen molar-refractivity contribution in [3.05, 3.63) is 17.0 Å². The second-order valence-corrected chi connectivity index (χ2v) is 5.87. The molecule has 90 valence electrons. The number of nitrogens with one attached hydrogen (secondary N) is 2. The molecule has 0 spiro atoms. The molecule has 0 bridgehead atoms. The van der Waals surface area contributed by atoms with Crippen LogP contribution >= 0.6 is 23.7 Å². The van der Waals surface area contributed by atoms with E-state index in [0.29, 0.717) is 0 Å². The second-order valence-electron chi connectivity index (χ2n) is 3.21. The summed E-state index contributed by atoms with van der Waals surface area (Å²) in [6, 6.07) is 3.50. The predicted octanol–water partition coefficient (Wildman–Crippen LogP) is 1.02. The maximum Gasteiger partial charge on any atom is 0.253 e. The van der Waals surface area contributed by atoms with Crippen LogP contribution in [-0.4, -0.2) is 20.4 Å². The van der Waals surface area contributed by atoms with E-state index in [1.807, 2.05) is 13.1 Å². The molecule has 8 heteroatoms. The van der Waals surface area contributed by atoms with E-state index in [4.69, 9.17) is 5.14 Å². The molecule has 2 heterocycles. The summed E-state index contributed by atoms with van der Waals surface area (Å²) in [6.45, 7) is 0.776. The van der Waals surface area contributed by atoms with Gasteiger partial charge in [0, 0.05) is 16.8 Å². The molecule has 0 radical (unpaired) electrons. The van der Waals surface area contributed by atoms with Crippen molar-refractivity contribution in [1.82, 2.24) is 10.3 Å². The molecule has 0 fully saturated rings. The van der Waals surface area contributed by atoms with Crippen LogP contribution in [0.2, 0.25) is 0 Å². The van der Waals surface area contributed by atoms with Crippen molar-refractivity contribution >= 4 is 44.0 Å². The van der Waals surface area contributed by atoms with Crippen LogP contribution in [0.4, 0.5) is 0 Å². The van der Waals surface area contributed by atoms with Crippen LogP contribution in [0.15, 0.2) is 17.2 Å². The third-order valence-corrected chi connectivity index (χ3v) is 3.89. The average Bonchev–Trinajstić information content (AvgIpc) is 2.59. The Morgan fingerprint density at radius 3 is 2.69 bits per heavy atom. The lowest BCUT2D eigenvalue weighted by Gasteiger charge is -1.92. The van der Waals surface area contributed by atoms with Gasteiger partial charge in [-0.3, -0.25) is 0 Å². The highest BCUT2D eigenvalue weighted by atomic mass is 35.5. The molecule has 0 aliphatic carbocycles. The lowest BCUT2D eigenvalue weighted by atomic mass is 10.4. The number of sulfonamides is 1. The second kappa shape index (κ2) is 4.72. The number of rotatable bonds is 3. The third-order valence-electron chi connectivity index (χ3n) is 1.99. The van der Waals surface area contributed by atoms with E-state index in [9.17, 15) is 8.42 Å². The van der Waals surface area contributed by atoms with Gasteiger partial charge in [0.2, 0.25) is 0 Å². The first kappa shape index (κ1) is 13.5. The van der Waals surface area contributed by atoms with Crippen molar-refractivity contribution in [3.8, 4) is 0 Å². The zero-order valence-corrected chi connectivity index (χ0v) is 10.9. The fourth-order valence-corrected chi connectivity index (χ4v) is 3.03. The van der Waals surface area contributed by atoms with Crippen LogP contribution in [0.1, 0.15) is 4.88 Å². The van der Waals surface area contributed by atoms with E-state index in [0.717, 1.165) is 21.6 Å². The smallest absolute Gasteiger partial charge is 0.253 e. The molecular weight excluding hydrogens is 270 g/mol. The maximum atomic E-state index is 11.0. The Morgan fingerprint density at radius 2 is 2.19 bits per heavy atom. The minimum absolute atomic E-state index is 0. The highest BCUT2D eigenvalue weighted by molar-refractivity contribution is 7.89. The molecule has 0 aliphatic rings. The summed E-state index contributed by atoms with van der Waals surface area (Å²) in [5.41, 5.74) is 0. The van der Waals surface area contributed by atoms with Crippen molar-refractivity contribution in [2.75, 3.05) is 7.05 Å². The van der Waals surface area contributed by atoms with E-state index in [1.54, 1.807) is 6.07 Å². The molecule has 0 aliphatic heterocycles. The fraction of sp³-hybridized carbons (Fsp3) is 0.250. The van der Waals surface area contributed by atoms with Gasteiger partial charge < -0.3 is 10.3 Å². The predicted molar refractivity (Wildman–Crippen MR) is 67.6 cm³/mol. The number of hydrogen-bond acceptors (Lipinski definition) is 4. The van der Waals surface area contributed by atoms with Crippen LogP contribution < -0.4 is 10.5 Å². The standard InChI is InChI=1S/C8H11N3O2S2.ClH/c1-10-4-6-2-5-3-7(15(9,12)13)11-8(5)14-6;/h2-3,10-11H,4H2,1H3,(H2,9,12,13);1H. The van der Waals surface area contributed by atoms with E-state index >= 15 is 0 Å². The Labute approximate surface area is 103 Å². The van der Waals surface area contributed by atoms with Gasteiger partial charge in [0.05, 0.1) is 0 Å². The zero-order valence-electron chi connectivity index (χ0n) is 8.48. The third kappa shape index (κ3) is 2.55. The van der Waals surface area contributed by atoms with Crippen molar-refractivity contribution in [2.45, 2.75) is 11.6 Å². The van der Waals surface area contributed by atoms with Crippen LogP contribution in [-0.2, 0) is 16.6 Å². The molecule has 0 unspecified atom stereocenters. The number of halogens is 1. The summed E-state index contributed by atoms with van der Waals surface area (Å²) in [7, 11) is -1.76. The molecular formula is C8H12ClN3O2S2. The number of aromatic nitrogens is 1. The van der Waals surface area contributed by atoms with Crippen molar-refractivity contribution in [3.63, 3.8) is 0 Å². The summed E-state index contributed by atoms with van der Waals surface area (Å²) in [4.78, 5) is 4.78. The molecule has 0 aromatic carbocycles. The van der Waals surface area contributed by atoms with Crippen molar-refractivity contribution in [2.24, 2.45) is 5.14 Å². The van der Waals surface area contributed by atoms with Gasteiger partial charge >= 0.3 is 0 Å². The lowest BCUT2D eigenvalue weighted by Crippen LogP contribution is -2.12. The highest BCUT2D eigenvalue weighted by Gasteiger charge is 2.13. The largest absolute Gasteiger partial charge is 0.336 e. The summed E-state index contributed by atoms with van der Waals surface area (Å²) < 4.78 is 22.1. The molecule has 0 atom stereocenters.